The normalized spacial score (nSPS) is 11.3. The molecular formula is C29H21FN2O4. The summed E-state index contributed by atoms with van der Waals surface area (Å²) in [5.74, 6) is -1.38. The molecule has 1 aromatic heterocycles. The third-order valence-corrected chi connectivity index (χ3v) is 5.11. The van der Waals surface area contributed by atoms with Crippen molar-refractivity contribution >= 4 is 35.4 Å². The Balaban J connectivity index is 1.46. The van der Waals surface area contributed by atoms with Crippen LogP contribution < -0.4 is 10.6 Å². The van der Waals surface area contributed by atoms with E-state index in [1.807, 2.05) is 0 Å². The number of ketones is 1. The molecular weight excluding hydrogens is 459 g/mol. The Bertz CT molecular complexity index is 1420. The van der Waals surface area contributed by atoms with Crippen molar-refractivity contribution in [2.75, 3.05) is 5.32 Å². The maximum atomic E-state index is 13.7. The molecule has 4 aromatic rings. The molecule has 0 saturated heterocycles. The zero-order chi connectivity index (χ0) is 25.3. The number of anilines is 1. The standard InChI is InChI=1S/C29H21FN2O4/c30-25-11-5-4-7-20(25)14-17-27(33)21-12-15-23(16-13-21)31-29(35)26(19-24-10-6-18-36-24)32-28(34)22-8-2-1-3-9-22/h1-19H,(H,31,35)(H,32,34)/b17-14+,26-19-. The monoisotopic (exact) mass is 480 g/mol. The van der Waals surface area contributed by atoms with E-state index < -0.39 is 17.6 Å². The lowest BCUT2D eigenvalue weighted by molar-refractivity contribution is -0.113. The minimum Gasteiger partial charge on any atom is -0.465 e. The number of carbonyl (C=O) groups excluding carboxylic acids is 3. The van der Waals surface area contributed by atoms with Crippen molar-refractivity contribution in [1.29, 1.82) is 0 Å². The third-order valence-electron chi connectivity index (χ3n) is 5.11. The number of amides is 2. The van der Waals surface area contributed by atoms with Crippen molar-refractivity contribution in [2.24, 2.45) is 0 Å². The summed E-state index contributed by atoms with van der Waals surface area (Å²) >= 11 is 0. The van der Waals surface area contributed by atoms with E-state index >= 15 is 0 Å². The fourth-order valence-corrected chi connectivity index (χ4v) is 3.25. The molecule has 2 N–H and O–H groups in total. The largest absolute Gasteiger partial charge is 0.465 e. The van der Waals surface area contributed by atoms with Gasteiger partial charge in [-0.25, -0.2) is 4.39 Å². The lowest BCUT2D eigenvalue weighted by Gasteiger charge is -2.11. The number of halogens is 1. The minimum atomic E-state index is -0.575. The predicted molar refractivity (Wildman–Crippen MR) is 135 cm³/mol. The topological polar surface area (TPSA) is 88.4 Å². The first kappa shape index (κ1) is 24.1. The molecule has 0 spiro atoms. The van der Waals surface area contributed by atoms with Crippen molar-refractivity contribution in [1.82, 2.24) is 5.32 Å². The second-order valence-corrected chi connectivity index (χ2v) is 7.64. The predicted octanol–water partition coefficient (Wildman–Crippen LogP) is 5.72. The SMILES string of the molecule is O=C(Nc1ccc(C(=O)/C=C/c2ccccc2F)cc1)/C(=C/c1ccco1)NC(=O)c1ccccc1. The number of nitrogens with one attached hydrogen (secondary N) is 2. The van der Waals surface area contributed by atoms with E-state index in [-0.39, 0.29) is 11.5 Å². The zero-order valence-electron chi connectivity index (χ0n) is 19.0. The van der Waals surface area contributed by atoms with E-state index in [4.69, 9.17) is 4.42 Å². The quantitative estimate of drug-likeness (QED) is 0.249. The summed E-state index contributed by atoms with van der Waals surface area (Å²) in [5.41, 5.74) is 1.45. The Morgan fingerprint density at radius 2 is 1.50 bits per heavy atom. The van der Waals surface area contributed by atoms with Gasteiger partial charge in [0.15, 0.2) is 5.78 Å². The van der Waals surface area contributed by atoms with E-state index in [1.165, 1.54) is 30.6 Å². The highest BCUT2D eigenvalue weighted by Gasteiger charge is 2.16. The number of allylic oxidation sites excluding steroid dienone is 1. The van der Waals surface area contributed by atoms with Gasteiger partial charge in [0.2, 0.25) is 0 Å². The first-order valence-electron chi connectivity index (χ1n) is 11.0. The Labute approximate surface area is 206 Å². The van der Waals surface area contributed by atoms with Crippen LogP contribution in [0.5, 0.6) is 0 Å². The first-order valence-corrected chi connectivity index (χ1v) is 11.0. The van der Waals surface area contributed by atoms with Gasteiger partial charge in [0.25, 0.3) is 11.8 Å². The second-order valence-electron chi connectivity index (χ2n) is 7.64. The van der Waals surface area contributed by atoms with Gasteiger partial charge in [-0.3, -0.25) is 14.4 Å². The van der Waals surface area contributed by atoms with Crippen molar-refractivity contribution in [3.05, 3.63) is 137 Å². The van der Waals surface area contributed by atoms with Gasteiger partial charge in [0, 0.05) is 28.5 Å². The molecule has 0 aliphatic heterocycles. The highest BCUT2D eigenvalue weighted by atomic mass is 19.1. The molecule has 7 heteroatoms. The molecule has 0 aliphatic rings. The summed E-state index contributed by atoms with van der Waals surface area (Å²) < 4.78 is 19.0. The van der Waals surface area contributed by atoms with Crippen LogP contribution in [0.1, 0.15) is 32.0 Å². The Morgan fingerprint density at radius 3 is 2.19 bits per heavy atom. The number of carbonyl (C=O) groups is 3. The van der Waals surface area contributed by atoms with Crippen LogP contribution in [0.4, 0.5) is 10.1 Å². The molecule has 0 atom stereocenters. The van der Waals surface area contributed by atoms with Crippen LogP contribution in [0.25, 0.3) is 12.2 Å². The molecule has 36 heavy (non-hydrogen) atoms. The Hall–Kier alpha value is -5.04. The molecule has 0 fully saturated rings. The van der Waals surface area contributed by atoms with E-state index in [2.05, 4.69) is 10.6 Å². The van der Waals surface area contributed by atoms with Crippen molar-refractivity contribution in [2.45, 2.75) is 0 Å². The van der Waals surface area contributed by atoms with E-state index in [0.717, 1.165) is 0 Å². The fraction of sp³-hybridized carbons (Fsp3) is 0. The molecule has 1 heterocycles. The number of benzene rings is 3. The minimum absolute atomic E-state index is 0.0215. The second kappa shape index (κ2) is 11.4. The van der Waals surface area contributed by atoms with Crippen LogP contribution in [-0.2, 0) is 4.79 Å². The van der Waals surface area contributed by atoms with Gasteiger partial charge in [-0.1, -0.05) is 36.4 Å². The van der Waals surface area contributed by atoms with Crippen molar-refractivity contribution in [3.63, 3.8) is 0 Å². The van der Waals surface area contributed by atoms with Gasteiger partial charge in [-0.15, -0.1) is 0 Å². The first-order chi connectivity index (χ1) is 17.5. The number of rotatable bonds is 8. The van der Waals surface area contributed by atoms with Crippen molar-refractivity contribution in [3.8, 4) is 0 Å². The molecule has 0 unspecified atom stereocenters. The molecule has 3 aromatic carbocycles. The van der Waals surface area contributed by atoms with Gasteiger partial charge in [-0.05, 0) is 66.7 Å². The van der Waals surface area contributed by atoms with Gasteiger partial charge < -0.3 is 15.1 Å². The van der Waals surface area contributed by atoms with Gasteiger partial charge in [-0.2, -0.15) is 0 Å². The number of furan rings is 1. The van der Waals surface area contributed by atoms with E-state index in [0.29, 0.717) is 28.1 Å². The smallest absolute Gasteiger partial charge is 0.272 e. The summed E-state index contributed by atoms with van der Waals surface area (Å²) in [6.45, 7) is 0. The maximum Gasteiger partial charge on any atom is 0.272 e. The molecule has 0 radical (unpaired) electrons. The molecule has 0 bridgehead atoms. The summed E-state index contributed by atoms with van der Waals surface area (Å²) in [7, 11) is 0. The van der Waals surface area contributed by atoms with Gasteiger partial charge in [0.05, 0.1) is 6.26 Å². The van der Waals surface area contributed by atoms with Crippen molar-refractivity contribution < 1.29 is 23.2 Å². The maximum absolute atomic E-state index is 13.7. The molecule has 178 valence electrons. The third kappa shape index (κ3) is 6.30. The Morgan fingerprint density at radius 1 is 0.778 bits per heavy atom. The van der Waals surface area contributed by atoms with Crippen LogP contribution in [0.2, 0.25) is 0 Å². The van der Waals surface area contributed by atoms with Crippen LogP contribution in [-0.4, -0.2) is 17.6 Å². The molecule has 4 rings (SSSR count). The van der Waals surface area contributed by atoms with E-state index in [1.54, 1.807) is 84.9 Å². The Kier molecular flexibility index (Phi) is 7.63. The number of hydrogen-bond acceptors (Lipinski definition) is 4. The summed E-state index contributed by atoms with van der Waals surface area (Å²) in [6, 6.07) is 24.2. The average Bonchev–Trinajstić information content (AvgIpc) is 3.42. The fourth-order valence-electron chi connectivity index (χ4n) is 3.25. The van der Waals surface area contributed by atoms with Crippen LogP contribution in [0.3, 0.4) is 0 Å². The molecule has 2 amide bonds. The number of hydrogen-bond donors (Lipinski definition) is 2. The van der Waals surface area contributed by atoms with Gasteiger partial charge in [0.1, 0.15) is 17.3 Å². The van der Waals surface area contributed by atoms with Crippen LogP contribution in [0.15, 0.2) is 113 Å². The van der Waals surface area contributed by atoms with E-state index in [9.17, 15) is 18.8 Å². The molecule has 0 aliphatic carbocycles. The summed E-state index contributed by atoms with van der Waals surface area (Å²) in [4.78, 5) is 38.0. The van der Waals surface area contributed by atoms with Gasteiger partial charge >= 0.3 is 0 Å². The summed E-state index contributed by atoms with van der Waals surface area (Å²) in [6.07, 6.45) is 5.57. The lowest BCUT2D eigenvalue weighted by Crippen LogP contribution is -2.30. The van der Waals surface area contributed by atoms with Crippen LogP contribution in [0, 0.1) is 5.82 Å². The van der Waals surface area contributed by atoms with Crippen LogP contribution >= 0.6 is 0 Å². The molecule has 0 saturated carbocycles. The zero-order valence-corrected chi connectivity index (χ0v) is 19.0. The molecule has 6 nitrogen and oxygen atoms in total. The highest BCUT2D eigenvalue weighted by molar-refractivity contribution is 6.11. The lowest BCUT2D eigenvalue weighted by atomic mass is 10.1. The summed E-state index contributed by atoms with van der Waals surface area (Å²) in [5, 5.41) is 5.31. The highest BCUT2D eigenvalue weighted by Crippen LogP contribution is 2.15. The average molecular weight is 480 g/mol.